The van der Waals surface area contributed by atoms with Gasteiger partial charge >= 0.3 is 0 Å². The molecule has 6 rings (SSSR count). The molecule has 2 aromatic carbocycles. The first-order chi connectivity index (χ1) is 23.6. The fourth-order valence-corrected chi connectivity index (χ4v) is 6.60. The molecule has 1 unspecified atom stereocenters. The third-order valence-corrected chi connectivity index (χ3v) is 9.48. The summed E-state index contributed by atoms with van der Waals surface area (Å²) in [5.74, 6) is 0.170. The van der Waals surface area contributed by atoms with E-state index in [2.05, 4.69) is 31.2 Å². The second-order valence-electron chi connectivity index (χ2n) is 13.2. The average Bonchev–Trinajstić information content (AvgIpc) is 3.07. The van der Waals surface area contributed by atoms with Crippen molar-refractivity contribution in [2.45, 2.75) is 44.3 Å². The highest BCUT2D eigenvalue weighted by Crippen LogP contribution is 2.29. The number of ether oxygens (including phenoxy) is 2. The number of nitrogens with zero attached hydrogens (tertiary/aromatic N) is 6. The van der Waals surface area contributed by atoms with Crippen LogP contribution < -0.4 is 15.8 Å². The van der Waals surface area contributed by atoms with Crippen LogP contribution in [0.5, 0.6) is 11.5 Å². The number of hydrogen-bond donors (Lipinski definition) is 3. The highest BCUT2D eigenvalue weighted by Gasteiger charge is 2.35. The number of carbonyl (C=O) groups is 1. The molecule has 3 fully saturated rings. The summed E-state index contributed by atoms with van der Waals surface area (Å²) in [4.78, 5) is 28.6. The van der Waals surface area contributed by atoms with Gasteiger partial charge in [0.2, 0.25) is 0 Å². The van der Waals surface area contributed by atoms with Crippen molar-refractivity contribution in [2.75, 3.05) is 63.5 Å². The summed E-state index contributed by atoms with van der Waals surface area (Å²) in [5, 5.41) is 22.3. The number of likely N-dealkylation sites (tertiary alicyclic amines) is 1. The van der Waals surface area contributed by atoms with Crippen LogP contribution in [0.1, 0.15) is 37.8 Å². The Morgan fingerprint density at radius 3 is 2.55 bits per heavy atom. The number of hydrogen-bond acceptors (Lipinski definition) is 11. The van der Waals surface area contributed by atoms with Crippen molar-refractivity contribution in [1.82, 2.24) is 24.7 Å². The van der Waals surface area contributed by atoms with Crippen LogP contribution in [0.2, 0.25) is 0 Å². The van der Waals surface area contributed by atoms with E-state index in [1.807, 2.05) is 32.0 Å². The lowest BCUT2D eigenvalue weighted by Gasteiger charge is -2.46. The van der Waals surface area contributed by atoms with Crippen LogP contribution in [0.4, 0.5) is 16.0 Å². The number of nitriles is 1. The number of nitrogen functional groups attached to an aromatic ring is 1. The van der Waals surface area contributed by atoms with Crippen LogP contribution >= 0.6 is 0 Å². The predicted molar refractivity (Wildman–Crippen MR) is 184 cm³/mol. The summed E-state index contributed by atoms with van der Waals surface area (Å²) >= 11 is 0. The Labute approximate surface area is 285 Å². The van der Waals surface area contributed by atoms with E-state index >= 15 is 4.39 Å². The molecule has 0 spiro atoms. The maximum atomic E-state index is 15.4. The molecule has 0 aliphatic carbocycles. The van der Waals surface area contributed by atoms with Crippen LogP contribution in [0.15, 0.2) is 66.5 Å². The third kappa shape index (κ3) is 7.72. The summed E-state index contributed by atoms with van der Waals surface area (Å²) in [6, 6.07) is 15.7. The van der Waals surface area contributed by atoms with Crippen molar-refractivity contribution in [3.63, 3.8) is 0 Å². The van der Waals surface area contributed by atoms with Crippen LogP contribution in [0.3, 0.4) is 0 Å². The second-order valence-corrected chi connectivity index (χ2v) is 13.2. The topological polar surface area (TPSA) is 157 Å². The molecule has 4 heterocycles. The fourth-order valence-electron chi connectivity index (χ4n) is 6.60. The summed E-state index contributed by atoms with van der Waals surface area (Å²) in [6.07, 6.45) is 4.49. The number of nitrogens with two attached hydrogens (primary N) is 1. The van der Waals surface area contributed by atoms with Crippen molar-refractivity contribution in [2.24, 2.45) is 0 Å². The largest absolute Gasteiger partial charge is 0.457 e. The zero-order valence-corrected chi connectivity index (χ0v) is 27.9. The first kappa shape index (κ1) is 34.0. The van der Waals surface area contributed by atoms with Gasteiger partial charge in [-0.2, -0.15) is 5.26 Å². The molecule has 1 atom stereocenters. The molecule has 256 valence electrons. The Morgan fingerprint density at radius 1 is 1.12 bits per heavy atom. The molecule has 3 aromatic rings. The zero-order valence-electron chi connectivity index (χ0n) is 27.9. The molecule has 1 aromatic heterocycles. The lowest BCUT2D eigenvalue weighted by Crippen LogP contribution is -2.59. The summed E-state index contributed by atoms with van der Waals surface area (Å²) < 4.78 is 26.4. The highest BCUT2D eigenvalue weighted by atomic mass is 19.1. The summed E-state index contributed by atoms with van der Waals surface area (Å²) in [6.45, 7) is 10.0. The second kappa shape index (κ2) is 14.7. The minimum Gasteiger partial charge on any atom is -0.457 e. The molecule has 0 saturated carbocycles. The molecule has 4 N–H and O–H groups in total. The quantitative estimate of drug-likeness (QED) is 0.164. The maximum absolute atomic E-state index is 15.4. The van der Waals surface area contributed by atoms with Crippen LogP contribution in [-0.2, 0) is 9.53 Å². The molecule has 3 aliphatic heterocycles. The van der Waals surface area contributed by atoms with Crippen molar-refractivity contribution in [3.8, 4) is 17.6 Å². The van der Waals surface area contributed by atoms with E-state index in [-0.39, 0.29) is 46.0 Å². The van der Waals surface area contributed by atoms with Gasteiger partial charge < -0.3 is 25.4 Å². The predicted octanol–water partition coefficient (Wildman–Crippen LogP) is 4.05. The molecule has 3 aliphatic rings. The van der Waals surface area contributed by atoms with E-state index in [9.17, 15) is 10.1 Å². The number of anilines is 2. The van der Waals surface area contributed by atoms with Gasteiger partial charge in [-0.3, -0.25) is 20.0 Å². The summed E-state index contributed by atoms with van der Waals surface area (Å²) in [7, 11) is 0. The van der Waals surface area contributed by atoms with Crippen molar-refractivity contribution in [3.05, 3.63) is 83.5 Å². The van der Waals surface area contributed by atoms with Gasteiger partial charge in [0.15, 0.2) is 0 Å². The van der Waals surface area contributed by atoms with Gasteiger partial charge in [-0.1, -0.05) is 18.2 Å². The van der Waals surface area contributed by atoms with Gasteiger partial charge in [0, 0.05) is 62.5 Å². The first-order valence-electron chi connectivity index (χ1n) is 16.6. The number of nitrogens with one attached hydrogen (secondary N) is 2. The number of piperidine rings is 1. The van der Waals surface area contributed by atoms with E-state index in [0.717, 1.165) is 39.4 Å². The smallest absolute Gasteiger partial charge is 0.264 e. The molecule has 13 heteroatoms. The molecule has 1 amide bonds. The Bertz CT molecular complexity index is 1750. The van der Waals surface area contributed by atoms with Crippen molar-refractivity contribution < 1.29 is 18.7 Å². The van der Waals surface area contributed by atoms with Crippen LogP contribution in [-0.4, -0.2) is 106 Å². The normalized spacial score (nSPS) is 19.5. The van der Waals surface area contributed by atoms with Gasteiger partial charge in [0.05, 0.1) is 30.5 Å². The maximum Gasteiger partial charge on any atom is 0.264 e. The number of rotatable bonds is 10. The summed E-state index contributed by atoms with van der Waals surface area (Å²) in [5.41, 5.74) is 5.85. The number of carbonyl (C=O) groups excluding carboxylic acids is 1. The lowest BCUT2D eigenvalue weighted by atomic mass is 9.96. The highest BCUT2D eigenvalue weighted by molar-refractivity contribution is 6.16. The first-order valence-corrected chi connectivity index (χ1v) is 16.6. The van der Waals surface area contributed by atoms with E-state index in [1.54, 1.807) is 29.2 Å². The Hall–Kier alpha value is -4.90. The molecule has 0 bridgehead atoms. The lowest BCUT2D eigenvalue weighted by molar-refractivity contribution is -0.127. The molecule has 3 saturated heterocycles. The number of halogens is 1. The van der Waals surface area contributed by atoms with E-state index in [1.165, 1.54) is 18.5 Å². The fraction of sp³-hybridized carbons (Fsp3) is 0.417. The molecular formula is C36H42FN9O3. The molecule has 0 radical (unpaired) electrons. The van der Waals surface area contributed by atoms with Gasteiger partial charge in [-0.25, -0.2) is 14.4 Å². The number of para-hydroxylation sites is 1. The third-order valence-electron chi connectivity index (χ3n) is 9.48. The minimum atomic E-state index is -0.657. The number of piperazine rings is 1. The molecule has 12 nitrogen and oxygen atoms in total. The number of benzene rings is 2. The molecular weight excluding hydrogens is 625 g/mol. The van der Waals surface area contributed by atoms with Gasteiger partial charge in [0.1, 0.15) is 46.9 Å². The number of amides is 1. The standard InChI is InChI=1S/C36H42FN9O3/c1-36(2,46-15-13-44(14-16-46)26-21-48-22-26)18-24(19-38)35(47)45-12-6-7-25(20-45)43-34-31(33(40)41-23-42-34)32(39)29-11-10-28(17-30(29)37)49-27-8-4-3-5-9-27/h3-5,8-11,17-18,23,25-26,39H,6-7,12-16,20-22H2,1-2H3,(H3,40,41,42,43). The minimum absolute atomic E-state index is 0.00953. The van der Waals surface area contributed by atoms with Gasteiger partial charge in [0.25, 0.3) is 5.91 Å². The van der Waals surface area contributed by atoms with Crippen molar-refractivity contribution in [1.29, 1.82) is 10.7 Å². The Kier molecular flexibility index (Phi) is 10.2. The van der Waals surface area contributed by atoms with E-state index in [4.69, 9.17) is 20.6 Å². The SMILES string of the molecule is CC(C)(C=C(C#N)C(=O)N1CCCC(Nc2ncnc(N)c2C(=N)c2ccc(Oc3ccccc3)cc2F)C1)N1CCN(C2COC2)CC1. The van der Waals surface area contributed by atoms with Crippen LogP contribution in [0, 0.1) is 22.6 Å². The Morgan fingerprint density at radius 2 is 1.88 bits per heavy atom. The van der Waals surface area contributed by atoms with Gasteiger partial charge in [-0.15, -0.1) is 0 Å². The number of aromatic nitrogens is 2. The average molecular weight is 668 g/mol. The van der Waals surface area contributed by atoms with E-state index in [0.29, 0.717) is 43.5 Å². The van der Waals surface area contributed by atoms with Crippen molar-refractivity contribution >= 4 is 23.3 Å². The van der Waals surface area contributed by atoms with E-state index < -0.39 is 11.4 Å². The van der Waals surface area contributed by atoms with Crippen LogP contribution in [0.25, 0.3) is 0 Å². The zero-order chi connectivity index (χ0) is 34.5. The molecule has 49 heavy (non-hydrogen) atoms. The monoisotopic (exact) mass is 667 g/mol. The van der Waals surface area contributed by atoms with Gasteiger partial charge in [-0.05, 0) is 57.0 Å². The Balaban J connectivity index is 1.13.